The van der Waals surface area contributed by atoms with Crippen molar-refractivity contribution in [2.24, 2.45) is 0 Å². The van der Waals surface area contributed by atoms with Crippen LogP contribution in [-0.4, -0.2) is 0 Å². The summed E-state index contributed by atoms with van der Waals surface area (Å²) >= 11 is 0. The topological polar surface area (TPSA) is 21.7 Å². The maximum atomic E-state index is 6.17. The fourth-order valence-corrected chi connectivity index (χ4v) is 4.11. The van der Waals surface area contributed by atoms with Crippen LogP contribution in [-0.2, 0) is 0 Å². The highest BCUT2D eigenvalue weighted by Crippen LogP contribution is 2.47. The molecule has 0 atom stereocenters. The van der Waals surface area contributed by atoms with Gasteiger partial charge >= 0.3 is 0 Å². The lowest BCUT2D eigenvalue weighted by atomic mass is 10.0. The molecule has 0 amide bonds. The van der Waals surface area contributed by atoms with Gasteiger partial charge in [-0.25, -0.2) is 0 Å². The molecule has 6 rings (SSSR count). The summed E-state index contributed by atoms with van der Waals surface area (Å²) in [6, 6.07) is 43.2. The molecule has 0 fully saturated rings. The van der Waals surface area contributed by atoms with Crippen molar-refractivity contribution in [2.45, 2.75) is 0 Å². The molecule has 0 N–H and O–H groups in total. The van der Waals surface area contributed by atoms with Crippen LogP contribution in [0.25, 0.3) is 11.1 Å². The average molecular weight is 428 g/mol. The van der Waals surface area contributed by atoms with Crippen LogP contribution in [0.2, 0.25) is 0 Å². The zero-order chi connectivity index (χ0) is 22.0. The first-order valence-electron chi connectivity index (χ1n) is 10.9. The first-order valence-corrected chi connectivity index (χ1v) is 10.9. The van der Waals surface area contributed by atoms with Crippen LogP contribution in [0.5, 0.6) is 23.0 Å². The zero-order valence-electron chi connectivity index (χ0n) is 17.9. The summed E-state index contributed by atoms with van der Waals surface area (Å²) in [5.41, 5.74) is 5.52. The van der Waals surface area contributed by atoms with Gasteiger partial charge in [0.25, 0.3) is 0 Å². The van der Waals surface area contributed by atoms with Crippen molar-refractivity contribution in [1.29, 1.82) is 0 Å². The lowest BCUT2D eigenvalue weighted by Gasteiger charge is -2.27. The second kappa shape index (κ2) is 8.21. The predicted molar refractivity (Wildman–Crippen MR) is 133 cm³/mol. The van der Waals surface area contributed by atoms with E-state index in [0.29, 0.717) is 11.5 Å². The maximum absolute atomic E-state index is 6.17. The molecule has 1 heterocycles. The van der Waals surface area contributed by atoms with Crippen molar-refractivity contribution < 1.29 is 9.47 Å². The molecule has 0 bridgehead atoms. The van der Waals surface area contributed by atoms with E-state index in [2.05, 4.69) is 83.8 Å². The molecule has 33 heavy (non-hydrogen) atoms. The van der Waals surface area contributed by atoms with E-state index in [1.807, 2.05) is 48.5 Å². The maximum Gasteiger partial charge on any atom is 0.172 e. The number of nitrogens with zero attached hydrogens (tertiary/aromatic N) is 1. The molecule has 158 valence electrons. The van der Waals surface area contributed by atoms with Gasteiger partial charge in [-0.1, -0.05) is 72.8 Å². The van der Waals surface area contributed by atoms with E-state index in [0.717, 1.165) is 28.6 Å². The van der Waals surface area contributed by atoms with E-state index in [1.165, 1.54) is 11.1 Å². The minimum Gasteiger partial charge on any atom is -0.450 e. The quantitative estimate of drug-likeness (QED) is 0.281. The Morgan fingerprint density at radius 3 is 1.55 bits per heavy atom. The lowest BCUT2D eigenvalue weighted by Crippen LogP contribution is -2.10. The fourth-order valence-electron chi connectivity index (χ4n) is 4.11. The minimum atomic E-state index is 0.702. The summed E-state index contributed by atoms with van der Waals surface area (Å²) < 4.78 is 12.2. The third-order valence-electron chi connectivity index (χ3n) is 5.72. The summed E-state index contributed by atoms with van der Waals surface area (Å²) in [6.45, 7) is 0. The van der Waals surface area contributed by atoms with Crippen molar-refractivity contribution in [3.63, 3.8) is 0 Å². The molecule has 5 aromatic carbocycles. The molecule has 0 unspecified atom stereocenters. The summed E-state index contributed by atoms with van der Waals surface area (Å²) in [6.07, 6.45) is 0. The molecule has 0 saturated heterocycles. The minimum absolute atomic E-state index is 0.702. The highest BCUT2D eigenvalue weighted by atomic mass is 16.6. The number of anilines is 3. The predicted octanol–water partition coefficient (Wildman–Crippen LogP) is 8.72. The highest BCUT2D eigenvalue weighted by Gasteiger charge is 2.21. The van der Waals surface area contributed by atoms with Crippen LogP contribution in [0, 0.1) is 0 Å². The van der Waals surface area contributed by atoms with Crippen LogP contribution in [0.4, 0.5) is 17.1 Å². The average Bonchev–Trinajstić information content (AvgIpc) is 2.89. The smallest absolute Gasteiger partial charge is 0.172 e. The Morgan fingerprint density at radius 2 is 0.848 bits per heavy atom. The van der Waals surface area contributed by atoms with Gasteiger partial charge in [0.2, 0.25) is 0 Å². The largest absolute Gasteiger partial charge is 0.450 e. The van der Waals surface area contributed by atoms with Gasteiger partial charge in [-0.15, -0.1) is 0 Å². The van der Waals surface area contributed by atoms with Crippen molar-refractivity contribution in [2.75, 3.05) is 4.90 Å². The van der Waals surface area contributed by atoms with Crippen LogP contribution < -0.4 is 14.4 Å². The Bertz CT molecular complexity index is 1400. The second-order valence-corrected chi connectivity index (χ2v) is 7.87. The van der Waals surface area contributed by atoms with E-state index in [1.54, 1.807) is 0 Å². The second-order valence-electron chi connectivity index (χ2n) is 7.87. The van der Waals surface area contributed by atoms with Gasteiger partial charge in [0, 0.05) is 17.4 Å². The lowest BCUT2D eigenvalue weighted by molar-refractivity contribution is 0.360. The van der Waals surface area contributed by atoms with Crippen molar-refractivity contribution in [1.82, 2.24) is 0 Å². The van der Waals surface area contributed by atoms with Gasteiger partial charge < -0.3 is 14.4 Å². The highest BCUT2D eigenvalue weighted by molar-refractivity contribution is 5.79. The van der Waals surface area contributed by atoms with Gasteiger partial charge in [-0.05, 0) is 59.7 Å². The van der Waals surface area contributed by atoms with E-state index in [-0.39, 0.29) is 0 Å². The van der Waals surface area contributed by atoms with Crippen LogP contribution in [0.1, 0.15) is 0 Å². The molecule has 3 heteroatoms. The van der Waals surface area contributed by atoms with Gasteiger partial charge in [-0.3, -0.25) is 0 Å². The molecule has 0 saturated carbocycles. The van der Waals surface area contributed by atoms with Gasteiger partial charge in [-0.2, -0.15) is 0 Å². The first kappa shape index (κ1) is 19.2. The third-order valence-corrected chi connectivity index (χ3v) is 5.72. The Hall–Kier alpha value is -4.50. The number of hydrogen-bond acceptors (Lipinski definition) is 3. The Labute approximate surface area is 193 Å². The number of rotatable bonds is 4. The molecule has 1 aliphatic heterocycles. The molecule has 3 nitrogen and oxygen atoms in total. The number of hydrogen-bond donors (Lipinski definition) is 0. The van der Waals surface area contributed by atoms with Crippen molar-refractivity contribution in [3.05, 3.63) is 127 Å². The van der Waals surface area contributed by atoms with Crippen molar-refractivity contribution in [3.8, 4) is 34.1 Å². The van der Waals surface area contributed by atoms with E-state index in [9.17, 15) is 0 Å². The first-order chi connectivity index (χ1) is 16.3. The fraction of sp³-hybridized carbons (Fsp3) is 0. The standard InChI is InChI=1S/C30H21NO2/c1-3-9-22(10-4-1)23-15-17-25(18-16-23)31(24-11-5-2-6-12-24)26-19-20-29-30(21-26)33-28-14-8-7-13-27(28)32-29/h1-21H. The molecule has 0 aromatic heterocycles. The van der Waals surface area contributed by atoms with Gasteiger partial charge in [0.1, 0.15) is 0 Å². The summed E-state index contributed by atoms with van der Waals surface area (Å²) in [7, 11) is 0. The molecule has 0 radical (unpaired) electrons. The molecular formula is C30H21NO2. The molecule has 0 aliphatic carbocycles. The van der Waals surface area contributed by atoms with E-state index < -0.39 is 0 Å². The summed E-state index contributed by atoms with van der Waals surface area (Å²) in [4.78, 5) is 2.22. The number of para-hydroxylation sites is 3. The Balaban J connectivity index is 1.40. The Morgan fingerprint density at radius 1 is 0.364 bits per heavy atom. The molecule has 1 aliphatic rings. The summed E-state index contributed by atoms with van der Waals surface area (Å²) in [5.74, 6) is 2.87. The van der Waals surface area contributed by atoms with E-state index >= 15 is 0 Å². The van der Waals surface area contributed by atoms with Crippen LogP contribution >= 0.6 is 0 Å². The van der Waals surface area contributed by atoms with E-state index in [4.69, 9.17) is 9.47 Å². The molecule has 5 aromatic rings. The number of benzene rings is 5. The molecule has 0 spiro atoms. The molecular weight excluding hydrogens is 406 g/mol. The SMILES string of the molecule is c1ccc(-c2ccc(N(c3ccccc3)c3ccc4c(c3)Oc3ccccc3O4)cc2)cc1. The number of ether oxygens (including phenoxy) is 2. The zero-order valence-corrected chi connectivity index (χ0v) is 17.9. The third kappa shape index (κ3) is 3.70. The summed E-state index contributed by atoms with van der Waals surface area (Å²) in [5, 5.41) is 0. The monoisotopic (exact) mass is 427 g/mol. The van der Waals surface area contributed by atoms with Gasteiger partial charge in [0.05, 0.1) is 5.69 Å². The number of fused-ring (bicyclic) bond motifs is 2. The normalized spacial score (nSPS) is 11.5. The van der Waals surface area contributed by atoms with Crippen molar-refractivity contribution >= 4 is 17.1 Å². The van der Waals surface area contributed by atoms with Gasteiger partial charge in [0.15, 0.2) is 23.0 Å². The Kier molecular flexibility index (Phi) is 4.78. The van der Waals surface area contributed by atoms with Crippen LogP contribution in [0.15, 0.2) is 127 Å². The van der Waals surface area contributed by atoms with Crippen LogP contribution in [0.3, 0.4) is 0 Å².